The topological polar surface area (TPSA) is 74.6 Å². The van der Waals surface area contributed by atoms with Gasteiger partial charge < -0.3 is 19.5 Å². The molecule has 4 rings (SSSR count). The van der Waals surface area contributed by atoms with Crippen LogP contribution in [0.5, 0.6) is 11.6 Å². The van der Waals surface area contributed by atoms with Gasteiger partial charge >= 0.3 is 6.61 Å². The molecule has 2 aliphatic rings. The second-order valence-corrected chi connectivity index (χ2v) is 7.38. The summed E-state index contributed by atoms with van der Waals surface area (Å²) in [6.45, 7) is -2.41. The minimum absolute atomic E-state index is 0.0774. The molecule has 2 aromatic rings. The van der Waals surface area contributed by atoms with Crippen molar-refractivity contribution in [1.82, 2.24) is 15.1 Å². The third-order valence-corrected chi connectivity index (χ3v) is 5.16. The molecule has 1 N–H and O–H groups in total. The molecule has 0 bridgehead atoms. The quantitative estimate of drug-likeness (QED) is 0.667. The van der Waals surface area contributed by atoms with Gasteiger partial charge in [0.2, 0.25) is 5.88 Å². The number of carbonyl (C=O) groups excluding carboxylic acids is 1. The summed E-state index contributed by atoms with van der Waals surface area (Å²) in [6.07, 6.45) is -2.88. The van der Waals surface area contributed by atoms with Crippen molar-refractivity contribution >= 4 is 5.91 Å². The van der Waals surface area contributed by atoms with Crippen LogP contribution in [0, 0.1) is 0 Å². The van der Waals surface area contributed by atoms with Crippen LogP contribution in [0.2, 0.25) is 0 Å². The Morgan fingerprint density at radius 3 is 2.90 bits per heavy atom. The van der Waals surface area contributed by atoms with Crippen LogP contribution in [0.15, 0.2) is 24.3 Å². The average molecular weight is 443 g/mol. The predicted octanol–water partition coefficient (Wildman–Crippen LogP) is 2.81. The number of benzene rings is 1. The second kappa shape index (κ2) is 9.13. The van der Waals surface area contributed by atoms with E-state index in [1.54, 1.807) is 12.1 Å². The van der Waals surface area contributed by atoms with Gasteiger partial charge in [-0.1, -0.05) is 12.1 Å². The standard InChI is InChI=1S/C20H21F4N3O4/c21-18(22)16-3-5-27-17(31-16)9-14(26-27)19(28)25-13-8-12-7-11(4-6-29-20(23)24)1-2-15(12)30-10-13/h1-2,7,9,13,16,18,20H,3-6,8,10H2,(H,25,28)/t13-,16+/m1/s1. The Kier molecular flexibility index (Phi) is 6.30. The number of fused-ring (bicyclic) bond motifs is 2. The maximum Gasteiger partial charge on any atom is 0.345 e. The molecule has 0 saturated carbocycles. The van der Waals surface area contributed by atoms with Gasteiger partial charge in [-0.05, 0) is 30.0 Å². The largest absolute Gasteiger partial charge is 0.491 e. The van der Waals surface area contributed by atoms with Crippen LogP contribution >= 0.6 is 0 Å². The van der Waals surface area contributed by atoms with Crippen molar-refractivity contribution in [2.75, 3.05) is 13.2 Å². The molecule has 0 spiro atoms. The monoisotopic (exact) mass is 443 g/mol. The van der Waals surface area contributed by atoms with Crippen molar-refractivity contribution in [3.05, 3.63) is 41.1 Å². The highest BCUT2D eigenvalue weighted by Gasteiger charge is 2.30. The summed E-state index contributed by atoms with van der Waals surface area (Å²) in [4.78, 5) is 12.6. The van der Waals surface area contributed by atoms with Crippen molar-refractivity contribution < 1.29 is 36.6 Å². The smallest absolute Gasteiger partial charge is 0.345 e. The number of hydrogen-bond donors (Lipinski definition) is 1. The van der Waals surface area contributed by atoms with Gasteiger partial charge in [0.25, 0.3) is 12.3 Å². The Balaban J connectivity index is 1.36. The van der Waals surface area contributed by atoms with Crippen molar-refractivity contribution in [2.24, 2.45) is 0 Å². The van der Waals surface area contributed by atoms with Crippen LogP contribution in [0.1, 0.15) is 28.0 Å². The fourth-order valence-electron chi connectivity index (χ4n) is 3.63. The second-order valence-electron chi connectivity index (χ2n) is 7.38. The lowest BCUT2D eigenvalue weighted by atomic mass is 9.99. The van der Waals surface area contributed by atoms with E-state index in [9.17, 15) is 22.4 Å². The van der Waals surface area contributed by atoms with Crippen molar-refractivity contribution in [1.29, 1.82) is 0 Å². The number of carbonyl (C=O) groups is 1. The Labute approximate surface area is 175 Å². The van der Waals surface area contributed by atoms with Gasteiger partial charge in [-0.2, -0.15) is 13.9 Å². The number of hydrogen-bond acceptors (Lipinski definition) is 5. The predicted molar refractivity (Wildman–Crippen MR) is 99.8 cm³/mol. The number of ether oxygens (including phenoxy) is 3. The first-order valence-corrected chi connectivity index (χ1v) is 9.87. The number of nitrogens with one attached hydrogen (secondary N) is 1. The minimum Gasteiger partial charge on any atom is -0.491 e. The van der Waals surface area contributed by atoms with E-state index in [2.05, 4.69) is 15.2 Å². The molecule has 11 heteroatoms. The maximum atomic E-state index is 12.9. The molecule has 3 heterocycles. The van der Waals surface area contributed by atoms with Gasteiger partial charge in [0.1, 0.15) is 12.4 Å². The Bertz CT molecular complexity index is 937. The average Bonchev–Trinajstić information content (AvgIpc) is 3.17. The lowest BCUT2D eigenvalue weighted by Crippen LogP contribution is -2.43. The molecule has 2 atom stereocenters. The fraction of sp³-hybridized carbons (Fsp3) is 0.500. The molecule has 7 nitrogen and oxygen atoms in total. The van der Waals surface area contributed by atoms with E-state index < -0.39 is 25.0 Å². The molecule has 0 saturated heterocycles. The zero-order chi connectivity index (χ0) is 22.0. The minimum atomic E-state index is -2.80. The highest BCUT2D eigenvalue weighted by atomic mass is 19.3. The molecular formula is C20H21F4N3O4. The maximum absolute atomic E-state index is 12.9. The highest BCUT2D eigenvalue weighted by Crippen LogP contribution is 2.27. The lowest BCUT2D eigenvalue weighted by molar-refractivity contribution is -0.127. The summed E-state index contributed by atoms with van der Waals surface area (Å²) in [5.41, 5.74) is 1.74. The van der Waals surface area contributed by atoms with E-state index in [1.165, 1.54) is 10.7 Å². The lowest BCUT2D eigenvalue weighted by Gasteiger charge is -2.26. The highest BCUT2D eigenvalue weighted by molar-refractivity contribution is 5.92. The molecule has 1 amide bonds. The summed E-state index contributed by atoms with van der Waals surface area (Å²) < 4.78 is 66.5. The van der Waals surface area contributed by atoms with Gasteiger partial charge in [0.15, 0.2) is 11.8 Å². The zero-order valence-electron chi connectivity index (χ0n) is 16.4. The van der Waals surface area contributed by atoms with Gasteiger partial charge in [-0.3, -0.25) is 4.79 Å². The Morgan fingerprint density at radius 1 is 1.29 bits per heavy atom. The van der Waals surface area contributed by atoms with E-state index in [-0.39, 0.29) is 43.8 Å². The first kappa shape index (κ1) is 21.4. The number of rotatable bonds is 7. The summed E-state index contributed by atoms with van der Waals surface area (Å²) in [7, 11) is 0. The third-order valence-electron chi connectivity index (χ3n) is 5.16. The number of aromatic nitrogens is 2. The number of alkyl halides is 4. The number of nitrogens with zero attached hydrogens (tertiary/aromatic N) is 2. The van der Waals surface area contributed by atoms with E-state index in [0.29, 0.717) is 18.6 Å². The SMILES string of the molecule is O=C(N[C@H]1COc2ccc(CCOC(F)F)cc2C1)c1cc2n(n1)CC[C@@H](C(F)F)O2. The van der Waals surface area contributed by atoms with E-state index in [1.807, 2.05) is 6.07 Å². The molecule has 0 radical (unpaired) electrons. The van der Waals surface area contributed by atoms with Gasteiger partial charge in [-0.25, -0.2) is 13.5 Å². The van der Waals surface area contributed by atoms with Crippen molar-refractivity contribution in [3.8, 4) is 11.6 Å². The number of amides is 1. The first-order chi connectivity index (χ1) is 14.9. The summed E-state index contributed by atoms with van der Waals surface area (Å²) in [5, 5.41) is 6.96. The van der Waals surface area contributed by atoms with Crippen molar-refractivity contribution in [3.63, 3.8) is 0 Å². The molecular weight excluding hydrogens is 422 g/mol. The molecule has 0 aliphatic carbocycles. The van der Waals surface area contributed by atoms with Gasteiger partial charge in [0.05, 0.1) is 12.6 Å². The van der Waals surface area contributed by atoms with Gasteiger partial charge in [-0.15, -0.1) is 0 Å². The zero-order valence-corrected chi connectivity index (χ0v) is 16.4. The molecule has 31 heavy (non-hydrogen) atoms. The third kappa shape index (κ3) is 5.09. The Morgan fingerprint density at radius 2 is 2.13 bits per heavy atom. The van der Waals surface area contributed by atoms with E-state index >= 15 is 0 Å². The Hall–Kier alpha value is -2.82. The molecule has 1 aromatic heterocycles. The molecule has 1 aromatic carbocycles. The van der Waals surface area contributed by atoms with Gasteiger partial charge in [0, 0.05) is 19.0 Å². The molecule has 0 fully saturated rings. The molecule has 0 unspecified atom stereocenters. The van der Waals surface area contributed by atoms with Crippen LogP contribution in [0.4, 0.5) is 17.6 Å². The van der Waals surface area contributed by atoms with Crippen LogP contribution in [-0.4, -0.2) is 54.1 Å². The number of aryl methyl sites for hydroxylation is 1. The van der Waals surface area contributed by atoms with Crippen LogP contribution < -0.4 is 14.8 Å². The normalized spacial score (nSPS) is 20.1. The molecule has 168 valence electrons. The summed E-state index contributed by atoms with van der Waals surface area (Å²) >= 11 is 0. The van der Waals surface area contributed by atoms with Crippen LogP contribution in [-0.2, 0) is 24.1 Å². The van der Waals surface area contributed by atoms with E-state index in [4.69, 9.17) is 9.47 Å². The molecule has 2 aliphatic heterocycles. The fourth-order valence-corrected chi connectivity index (χ4v) is 3.63. The number of halogens is 4. The van der Waals surface area contributed by atoms with Crippen LogP contribution in [0.25, 0.3) is 0 Å². The van der Waals surface area contributed by atoms with Crippen molar-refractivity contribution in [2.45, 2.75) is 51.0 Å². The summed E-state index contributed by atoms with van der Waals surface area (Å²) in [6, 6.07) is 6.42. The van der Waals surface area contributed by atoms with Crippen LogP contribution in [0.3, 0.4) is 0 Å². The summed E-state index contributed by atoms with van der Waals surface area (Å²) in [5.74, 6) is 0.355. The van der Waals surface area contributed by atoms with E-state index in [0.717, 1.165) is 11.1 Å². The first-order valence-electron chi connectivity index (χ1n) is 9.87.